The van der Waals surface area contributed by atoms with E-state index in [1.54, 1.807) is 0 Å². The van der Waals surface area contributed by atoms with E-state index in [9.17, 15) is 14.7 Å². The second-order valence-electron chi connectivity index (χ2n) is 9.49. The van der Waals surface area contributed by atoms with Crippen LogP contribution in [0.25, 0.3) is 11.1 Å². The van der Waals surface area contributed by atoms with Gasteiger partial charge in [-0.25, -0.2) is 0 Å². The molecule has 2 rings (SSSR count). The minimum Gasteiger partial charge on any atom is -0.481 e. The number of aliphatic carboxylic acids is 1. The first-order valence-corrected chi connectivity index (χ1v) is 12.9. The number of benzene rings is 2. The second kappa shape index (κ2) is 14.7. The highest BCUT2D eigenvalue weighted by Crippen LogP contribution is 2.30. The summed E-state index contributed by atoms with van der Waals surface area (Å²) >= 11 is 0. The number of ketones is 1. The average molecular weight is 451 g/mol. The van der Waals surface area contributed by atoms with Crippen LogP contribution in [0.5, 0.6) is 0 Å². The van der Waals surface area contributed by atoms with Crippen molar-refractivity contribution in [2.45, 2.75) is 85.0 Å². The summed E-state index contributed by atoms with van der Waals surface area (Å²) < 4.78 is 0. The molecule has 0 aromatic heterocycles. The van der Waals surface area contributed by atoms with Crippen LogP contribution in [-0.4, -0.2) is 16.9 Å². The van der Waals surface area contributed by atoms with Crippen molar-refractivity contribution in [2.24, 2.45) is 17.8 Å². The van der Waals surface area contributed by atoms with E-state index in [1.165, 1.54) is 19.3 Å². The number of hydrogen-bond donors (Lipinski definition) is 1. The van der Waals surface area contributed by atoms with Crippen molar-refractivity contribution in [3.8, 4) is 11.1 Å². The Labute approximate surface area is 200 Å². The minimum absolute atomic E-state index is 0.00904. The van der Waals surface area contributed by atoms with Crippen LogP contribution < -0.4 is 0 Å². The number of rotatable bonds is 16. The molecule has 0 aliphatic carbocycles. The maximum atomic E-state index is 13.3. The zero-order valence-electron chi connectivity index (χ0n) is 20.8. The van der Waals surface area contributed by atoms with Gasteiger partial charge in [-0.3, -0.25) is 9.59 Å². The third-order valence-corrected chi connectivity index (χ3v) is 6.77. The van der Waals surface area contributed by atoms with Gasteiger partial charge < -0.3 is 5.11 Å². The topological polar surface area (TPSA) is 54.4 Å². The molecule has 33 heavy (non-hydrogen) atoms. The SMILES string of the molecule is CCCCCCC(C)C(=O)C(CCCC)CC(Cc1ccccc1-c1ccccc1)C(=O)O. The molecule has 1 N–H and O–H groups in total. The predicted octanol–water partition coefficient (Wildman–Crippen LogP) is 7.97. The molecule has 3 atom stereocenters. The van der Waals surface area contributed by atoms with Gasteiger partial charge >= 0.3 is 5.97 Å². The Kier molecular flexibility index (Phi) is 11.9. The van der Waals surface area contributed by atoms with Crippen molar-refractivity contribution < 1.29 is 14.7 Å². The Morgan fingerprint density at radius 2 is 1.45 bits per heavy atom. The van der Waals surface area contributed by atoms with E-state index in [4.69, 9.17) is 0 Å². The molecule has 0 saturated carbocycles. The van der Waals surface area contributed by atoms with Gasteiger partial charge in [0.2, 0.25) is 0 Å². The summed E-state index contributed by atoms with van der Waals surface area (Å²) in [7, 11) is 0. The minimum atomic E-state index is -0.803. The first-order valence-electron chi connectivity index (χ1n) is 12.9. The van der Waals surface area contributed by atoms with Gasteiger partial charge in [-0.2, -0.15) is 0 Å². The fraction of sp³-hybridized carbons (Fsp3) is 0.533. The molecule has 0 aliphatic heterocycles. The van der Waals surface area contributed by atoms with Gasteiger partial charge in [0.05, 0.1) is 5.92 Å². The second-order valence-corrected chi connectivity index (χ2v) is 9.49. The molecule has 2 aromatic carbocycles. The van der Waals surface area contributed by atoms with Gasteiger partial charge in [-0.05, 0) is 42.4 Å². The smallest absolute Gasteiger partial charge is 0.306 e. The normalized spacial score (nSPS) is 13.9. The molecule has 0 amide bonds. The molecule has 0 radical (unpaired) electrons. The molecular weight excluding hydrogens is 408 g/mol. The largest absolute Gasteiger partial charge is 0.481 e. The lowest BCUT2D eigenvalue weighted by atomic mass is 9.79. The summed E-state index contributed by atoms with van der Waals surface area (Å²) in [5.74, 6) is -1.26. The zero-order valence-corrected chi connectivity index (χ0v) is 20.8. The van der Waals surface area contributed by atoms with Crippen LogP contribution in [0.15, 0.2) is 54.6 Å². The molecule has 0 heterocycles. The fourth-order valence-corrected chi connectivity index (χ4v) is 4.73. The van der Waals surface area contributed by atoms with Gasteiger partial charge in [0, 0.05) is 11.8 Å². The maximum absolute atomic E-state index is 13.3. The van der Waals surface area contributed by atoms with Crippen molar-refractivity contribution in [1.82, 2.24) is 0 Å². The highest BCUT2D eigenvalue weighted by molar-refractivity contribution is 5.84. The standard InChI is InChI=1S/C30H42O3/c1-4-6-8-10-15-23(3)29(31)26(16-7-5-2)22-27(30(32)33)21-25-19-13-14-20-28(25)24-17-11-9-12-18-24/h9,11-14,17-20,23,26-27H,4-8,10,15-16,21-22H2,1-3H3,(H,32,33). The van der Waals surface area contributed by atoms with Crippen molar-refractivity contribution in [2.75, 3.05) is 0 Å². The van der Waals surface area contributed by atoms with Crippen molar-refractivity contribution in [3.05, 3.63) is 60.2 Å². The Balaban J connectivity index is 2.16. The van der Waals surface area contributed by atoms with Crippen LogP contribution in [0.2, 0.25) is 0 Å². The van der Waals surface area contributed by atoms with Crippen LogP contribution in [0.4, 0.5) is 0 Å². The van der Waals surface area contributed by atoms with E-state index >= 15 is 0 Å². The molecule has 0 spiro atoms. The van der Waals surface area contributed by atoms with E-state index in [0.717, 1.165) is 48.8 Å². The number of hydrogen-bond acceptors (Lipinski definition) is 2. The van der Waals surface area contributed by atoms with Crippen LogP contribution in [0.1, 0.15) is 84.1 Å². The third-order valence-electron chi connectivity index (χ3n) is 6.77. The summed E-state index contributed by atoms with van der Waals surface area (Å²) in [6.07, 6.45) is 9.20. The summed E-state index contributed by atoms with van der Waals surface area (Å²) in [4.78, 5) is 25.6. The van der Waals surface area contributed by atoms with Crippen LogP contribution >= 0.6 is 0 Å². The lowest BCUT2D eigenvalue weighted by molar-refractivity contribution is -0.142. The highest BCUT2D eigenvalue weighted by Gasteiger charge is 2.30. The summed E-state index contributed by atoms with van der Waals surface area (Å²) in [6, 6.07) is 18.2. The number of carbonyl (C=O) groups is 2. The van der Waals surface area contributed by atoms with Gasteiger partial charge in [0.1, 0.15) is 5.78 Å². The Morgan fingerprint density at radius 1 is 0.788 bits per heavy atom. The van der Waals surface area contributed by atoms with Crippen molar-refractivity contribution >= 4 is 11.8 Å². The van der Waals surface area contributed by atoms with Crippen molar-refractivity contribution in [1.29, 1.82) is 0 Å². The highest BCUT2D eigenvalue weighted by atomic mass is 16.4. The Bertz CT molecular complexity index is 843. The number of carboxylic acids is 1. The summed E-state index contributed by atoms with van der Waals surface area (Å²) in [5.41, 5.74) is 3.20. The molecule has 3 nitrogen and oxygen atoms in total. The average Bonchev–Trinajstić information content (AvgIpc) is 2.83. The Hall–Kier alpha value is -2.42. The number of carboxylic acid groups (broad SMARTS) is 1. The Morgan fingerprint density at radius 3 is 2.12 bits per heavy atom. The molecule has 0 fully saturated rings. The zero-order chi connectivity index (χ0) is 24.1. The van der Waals surface area contributed by atoms with Crippen LogP contribution in [-0.2, 0) is 16.0 Å². The summed E-state index contributed by atoms with van der Waals surface area (Å²) in [5, 5.41) is 10.1. The maximum Gasteiger partial charge on any atom is 0.306 e. The van der Waals surface area contributed by atoms with Crippen LogP contribution in [0.3, 0.4) is 0 Å². The molecule has 0 bridgehead atoms. The quantitative estimate of drug-likeness (QED) is 0.264. The van der Waals surface area contributed by atoms with Gasteiger partial charge in [0.25, 0.3) is 0 Å². The molecular formula is C30H42O3. The molecule has 3 heteroatoms. The molecule has 0 aliphatic rings. The molecule has 180 valence electrons. The number of Topliss-reactive ketones (excluding diaryl/α,β-unsaturated/α-hetero) is 1. The van der Waals surface area contributed by atoms with E-state index in [2.05, 4.69) is 32.0 Å². The van der Waals surface area contributed by atoms with Gasteiger partial charge in [-0.1, -0.05) is 114 Å². The van der Waals surface area contributed by atoms with E-state index < -0.39 is 11.9 Å². The first-order chi connectivity index (χ1) is 16.0. The molecule has 3 unspecified atom stereocenters. The van der Waals surface area contributed by atoms with Crippen LogP contribution in [0, 0.1) is 17.8 Å². The first kappa shape index (κ1) is 26.8. The van der Waals surface area contributed by atoms with Gasteiger partial charge in [0.15, 0.2) is 0 Å². The van der Waals surface area contributed by atoms with E-state index in [-0.39, 0.29) is 17.6 Å². The van der Waals surface area contributed by atoms with E-state index in [0.29, 0.717) is 12.8 Å². The number of carbonyl (C=O) groups excluding carboxylic acids is 1. The lowest BCUT2D eigenvalue weighted by Gasteiger charge is -2.24. The number of unbranched alkanes of at least 4 members (excludes halogenated alkanes) is 4. The third kappa shape index (κ3) is 8.79. The lowest BCUT2D eigenvalue weighted by Crippen LogP contribution is -2.28. The predicted molar refractivity (Wildman–Crippen MR) is 137 cm³/mol. The molecule has 0 saturated heterocycles. The fourth-order valence-electron chi connectivity index (χ4n) is 4.73. The summed E-state index contributed by atoms with van der Waals surface area (Å²) in [6.45, 7) is 6.35. The van der Waals surface area contributed by atoms with Crippen molar-refractivity contribution in [3.63, 3.8) is 0 Å². The van der Waals surface area contributed by atoms with E-state index in [1.807, 2.05) is 43.3 Å². The monoisotopic (exact) mass is 450 g/mol. The molecule has 2 aromatic rings. The van der Waals surface area contributed by atoms with Gasteiger partial charge in [-0.15, -0.1) is 0 Å².